The van der Waals surface area contributed by atoms with Crippen LogP contribution in [-0.2, 0) is 16.7 Å². The van der Waals surface area contributed by atoms with Crippen LogP contribution in [0.5, 0.6) is 0 Å². The van der Waals surface area contributed by atoms with Gasteiger partial charge in [-0.1, -0.05) is 45.0 Å². The maximum atomic E-state index is 6.06. The number of nitrogen functional groups attached to an aromatic ring is 1. The van der Waals surface area contributed by atoms with E-state index in [2.05, 4.69) is 54.3 Å². The Hall–Kier alpha value is -2.37. The summed E-state index contributed by atoms with van der Waals surface area (Å²) in [5, 5.41) is 0. The van der Waals surface area contributed by atoms with Crippen LogP contribution >= 0.6 is 0 Å². The summed E-state index contributed by atoms with van der Waals surface area (Å²) in [5.74, 6) is 0. The Kier molecular flexibility index (Phi) is 4.66. The third-order valence-electron chi connectivity index (χ3n) is 5.24. The van der Waals surface area contributed by atoms with E-state index in [1.54, 1.807) is 0 Å². The molecular formula is C22H28N4O. The van der Waals surface area contributed by atoms with Crippen molar-refractivity contribution in [3.8, 4) is 11.3 Å². The lowest BCUT2D eigenvalue weighted by Crippen LogP contribution is -2.36. The number of nitrogens with two attached hydrogens (primary N) is 1. The van der Waals surface area contributed by atoms with E-state index in [1.165, 1.54) is 11.3 Å². The van der Waals surface area contributed by atoms with Crippen molar-refractivity contribution in [1.29, 1.82) is 0 Å². The third kappa shape index (κ3) is 3.70. The first-order valence-corrected chi connectivity index (χ1v) is 9.59. The molecule has 5 heteroatoms. The van der Waals surface area contributed by atoms with Gasteiger partial charge in [0.2, 0.25) is 0 Å². The summed E-state index contributed by atoms with van der Waals surface area (Å²) in [5.41, 5.74) is 12.6. The molecule has 0 atom stereocenters. The van der Waals surface area contributed by atoms with Crippen LogP contribution in [0.2, 0.25) is 0 Å². The molecule has 0 radical (unpaired) electrons. The van der Waals surface area contributed by atoms with Crippen LogP contribution in [0.4, 0.5) is 5.69 Å². The summed E-state index contributed by atoms with van der Waals surface area (Å²) >= 11 is 0. The van der Waals surface area contributed by atoms with Crippen molar-refractivity contribution in [1.82, 2.24) is 14.3 Å². The number of hydrogen-bond donors (Lipinski definition) is 1. The van der Waals surface area contributed by atoms with E-state index < -0.39 is 0 Å². The average Bonchev–Trinajstić information content (AvgIpc) is 3.00. The second-order valence-electron chi connectivity index (χ2n) is 8.31. The predicted octanol–water partition coefficient (Wildman–Crippen LogP) is 3.71. The number of pyridine rings is 1. The standard InChI is InChI=1S/C22H28N4O/c1-22(2,3)17-6-4-16(5-7-17)21-19(15-25-10-12-27-13-11-25)26-14-18(23)8-9-20(26)24-21/h4-9,14H,10-13,15,23H2,1-3H3. The van der Waals surface area contributed by atoms with Crippen LogP contribution in [0, 0.1) is 0 Å². The van der Waals surface area contributed by atoms with E-state index in [4.69, 9.17) is 15.5 Å². The molecule has 5 nitrogen and oxygen atoms in total. The molecular weight excluding hydrogens is 336 g/mol. The molecule has 27 heavy (non-hydrogen) atoms. The normalized spacial score (nSPS) is 16.1. The van der Waals surface area contributed by atoms with Gasteiger partial charge in [0.25, 0.3) is 0 Å². The summed E-state index contributed by atoms with van der Waals surface area (Å²) in [6.07, 6.45) is 1.98. The van der Waals surface area contributed by atoms with Gasteiger partial charge in [0.1, 0.15) is 5.65 Å². The van der Waals surface area contributed by atoms with Gasteiger partial charge in [-0.05, 0) is 23.1 Å². The first-order chi connectivity index (χ1) is 12.9. The van der Waals surface area contributed by atoms with Crippen LogP contribution in [0.25, 0.3) is 16.9 Å². The minimum absolute atomic E-state index is 0.141. The SMILES string of the molecule is CC(C)(C)c1ccc(-c2nc3ccc(N)cn3c2CN2CCOCC2)cc1. The zero-order valence-electron chi connectivity index (χ0n) is 16.4. The van der Waals surface area contributed by atoms with Crippen molar-refractivity contribution in [3.63, 3.8) is 0 Å². The Labute approximate surface area is 160 Å². The minimum atomic E-state index is 0.141. The Morgan fingerprint density at radius 1 is 1.04 bits per heavy atom. The number of imidazole rings is 1. The summed E-state index contributed by atoms with van der Waals surface area (Å²) in [6, 6.07) is 12.7. The maximum absolute atomic E-state index is 6.06. The van der Waals surface area contributed by atoms with Crippen LogP contribution in [0.3, 0.4) is 0 Å². The lowest BCUT2D eigenvalue weighted by Gasteiger charge is -2.26. The minimum Gasteiger partial charge on any atom is -0.398 e. The summed E-state index contributed by atoms with van der Waals surface area (Å²) in [7, 11) is 0. The van der Waals surface area contributed by atoms with Gasteiger partial charge in [0.15, 0.2) is 0 Å². The molecule has 0 saturated carbocycles. The summed E-state index contributed by atoms with van der Waals surface area (Å²) in [4.78, 5) is 7.35. The van der Waals surface area contributed by atoms with E-state index in [-0.39, 0.29) is 5.41 Å². The fourth-order valence-electron chi connectivity index (χ4n) is 3.59. The summed E-state index contributed by atoms with van der Waals surface area (Å²) < 4.78 is 7.64. The van der Waals surface area contributed by atoms with E-state index in [1.807, 2.05) is 18.3 Å². The fraction of sp³-hybridized carbons (Fsp3) is 0.409. The predicted molar refractivity (Wildman–Crippen MR) is 110 cm³/mol. The van der Waals surface area contributed by atoms with Gasteiger partial charge in [0, 0.05) is 37.1 Å². The average molecular weight is 364 g/mol. The molecule has 0 aliphatic carbocycles. The zero-order chi connectivity index (χ0) is 19.0. The van der Waals surface area contributed by atoms with Crippen LogP contribution in [-0.4, -0.2) is 40.6 Å². The van der Waals surface area contributed by atoms with Gasteiger partial charge in [-0.2, -0.15) is 0 Å². The Morgan fingerprint density at radius 3 is 2.41 bits per heavy atom. The molecule has 1 aliphatic rings. The van der Waals surface area contributed by atoms with Gasteiger partial charge in [-0.25, -0.2) is 4.98 Å². The highest BCUT2D eigenvalue weighted by Gasteiger charge is 2.20. The number of morpholine rings is 1. The second kappa shape index (κ2) is 6.98. The number of nitrogens with zero attached hydrogens (tertiary/aromatic N) is 3. The van der Waals surface area contributed by atoms with Crippen molar-refractivity contribution in [2.75, 3.05) is 32.0 Å². The third-order valence-corrected chi connectivity index (χ3v) is 5.24. The van der Waals surface area contributed by atoms with Gasteiger partial charge >= 0.3 is 0 Å². The van der Waals surface area contributed by atoms with Crippen LogP contribution in [0.15, 0.2) is 42.6 Å². The highest BCUT2D eigenvalue weighted by molar-refractivity contribution is 5.68. The van der Waals surface area contributed by atoms with E-state index >= 15 is 0 Å². The number of fused-ring (bicyclic) bond motifs is 1. The highest BCUT2D eigenvalue weighted by atomic mass is 16.5. The van der Waals surface area contributed by atoms with Crippen molar-refractivity contribution in [2.24, 2.45) is 0 Å². The van der Waals surface area contributed by atoms with Gasteiger partial charge in [-0.3, -0.25) is 4.90 Å². The topological polar surface area (TPSA) is 55.8 Å². The molecule has 3 heterocycles. The molecule has 1 saturated heterocycles. The number of rotatable bonds is 3. The van der Waals surface area contributed by atoms with Crippen molar-refractivity contribution in [3.05, 3.63) is 53.9 Å². The van der Waals surface area contributed by atoms with Crippen LogP contribution < -0.4 is 5.73 Å². The molecule has 1 aromatic carbocycles. The van der Waals surface area contributed by atoms with Crippen molar-refractivity contribution >= 4 is 11.3 Å². The lowest BCUT2D eigenvalue weighted by molar-refractivity contribution is 0.0336. The number of ether oxygens (including phenoxy) is 1. The Balaban J connectivity index is 1.78. The number of benzene rings is 1. The monoisotopic (exact) mass is 364 g/mol. The second-order valence-corrected chi connectivity index (χ2v) is 8.31. The van der Waals surface area contributed by atoms with Gasteiger partial charge in [0.05, 0.1) is 24.6 Å². The largest absolute Gasteiger partial charge is 0.398 e. The Morgan fingerprint density at radius 2 is 1.74 bits per heavy atom. The zero-order valence-corrected chi connectivity index (χ0v) is 16.4. The molecule has 2 N–H and O–H groups in total. The fourth-order valence-corrected chi connectivity index (χ4v) is 3.59. The Bertz CT molecular complexity index is 931. The number of hydrogen-bond acceptors (Lipinski definition) is 4. The molecule has 0 bridgehead atoms. The first kappa shape index (κ1) is 18.0. The molecule has 0 unspecified atom stereocenters. The molecule has 1 aliphatic heterocycles. The van der Waals surface area contributed by atoms with E-state index in [0.29, 0.717) is 0 Å². The van der Waals surface area contributed by atoms with Crippen molar-refractivity contribution in [2.45, 2.75) is 32.7 Å². The molecule has 0 amide bonds. The molecule has 1 fully saturated rings. The lowest BCUT2D eigenvalue weighted by atomic mass is 9.86. The smallest absolute Gasteiger partial charge is 0.137 e. The molecule has 4 rings (SSSR count). The molecule has 3 aromatic rings. The molecule has 142 valence electrons. The number of anilines is 1. The molecule has 2 aromatic heterocycles. The van der Waals surface area contributed by atoms with Gasteiger partial charge in [-0.15, -0.1) is 0 Å². The van der Waals surface area contributed by atoms with Crippen molar-refractivity contribution < 1.29 is 4.74 Å². The maximum Gasteiger partial charge on any atom is 0.137 e. The van der Waals surface area contributed by atoms with Gasteiger partial charge < -0.3 is 14.9 Å². The number of aromatic nitrogens is 2. The summed E-state index contributed by atoms with van der Waals surface area (Å²) in [6.45, 7) is 11.0. The molecule has 0 spiro atoms. The first-order valence-electron chi connectivity index (χ1n) is 9.59. The van der Waals surface area contributed by atoms with E-state index in [0.717, 1.165) is 55.4 Å². The quantitative estimate of drug-likeness (QED) is 0.770. The van der Waals surface area contributed by atoms with E-state index in [9.17, 15) is 0 Å². The highest BCUT2D eigenvalue weighted by Crippen LogP contribution is 2.29. The van der Waals surface area contributed by atoms with Crippen LogP contribution in [0.1, 0.15) is 32.0 Å².